The van der Waals surface area contributed by atoms with Crippen molar-refractivity contribution in [2.45, 2.75) is 45.6 Å². The van der Waals surface area contributed by atoms with E-state index in [4.69, 9.17) is 9.47 Å². The maximum atomic E-state index is 12.0. The normalized spacial score (nSPS) is 16.0. The van der Waals surface area contributed by atoms with Gasteiger partial charge in [0, 0.05) is 37.0 Å². The molecule has 1 atom stereocenters. The zero-order chi connectivity index (χ0) is 20.3. The molecule has 0 unspecified atom stereocenters. The average molecular weight is 383 g/mol. The SMILES string of the molecule is Cc1ccc(N(C)c2ccc3c(c2)OCC[C@H]3CNC(=O)OC(C)(C)C)cc1. The molecule has 0 radical (unpaired) electrons. The summed E-state index contributed by atoms with van der Waals surface area (Å²) in [7, 11) is 2.05. The number of amides is 1. The number of carbonyl (C=O) groups is 1. The highest BCUT2D eigenvalue weighted by atomic mass is 16.6. The summed E-state index contributed by atoms with van der Waals surface area (Å²) in [6.45, 7) is 8.86. The van der Waals surface area contributed by atoms with Gasteiger partial charge in [0.05, 0.1) is 6.61 Å². The lowest BCUT2D eigenvalue weighted by Gasteiger charge is -2.29. The fraction of sp³-hybridized carbons (Fsp3) is 0.435. The lowest BCUT2D eigenvalue weighted by atomic mass is 9.92. The fourth-order valence-electron chi connectivity index (χ4n) is 3.31. The fourth-order valence-corrected chi connectivity index (χ4v) is 3.31. The second kappa shape index (κ2) is 8.13. The van der Waals surface area contributed by atoms with E-state index in [1.165, 1.54) is 5.56 Å². The van der Waals surface area contributed by atoms with Crippen LogP contribution in [0.4, 0.5) is 16.2 Å². The third-order valence-corrected chi connectivity index (χ3v) is 4.86. The summed E-state index contributed by atoms with van der Waals surface area (Å²) in [5, 5.41) is 2.89. The Morgan fingerprint density at radius 2 is 1.86 bits per heavy atom. The summed E-state index contributed by atoms with van der Waals surface area (Å²) in [5.74, 6) is 1.11. The number of nitrogens with zero attached hydrogens (tertiary/aromatic N) is 1. The van der Waals surface area contributed by atoms with Crippen LogP contribution in [0, 0.1) is 6.92 Å². The van der Waals surface area contributed by atoms with Crippen molar-refractivity contribution in [2.24, 2.45) is 0 Å². The first-order chi connectivity index (χ1) is 13.2. The van der Waals surface area contributed by atoms with E-state index in [1.807, 2.05) is 20.8 Å². The summed E-state index contributed by atoms with van der Waals surface area (Å²) >= 11 is 0. The number of carbonyl (C=O) groups excluding carboxylic acids is 1. The molecule has 5 heteroatoms. The average Bonchev–Trinajstić information content (AvgIpc) is 2.64. The van der Waals surface area contributed by atoms with Crippen molar-refractivity contribution in [3.63, 3.8) is 0 Å². The molecule has 1 N–H and O–H groups in total. The lowest BCUT2D eigenvalue weighted by Crippen LogP contribution is -2.35. The molecule has 5 nitrogen and oxygen atoms in total. The van der Waals surface area contributed by atoms with Gasteiger partial charge >= 0.3 is 6.09 Å². The van der Waals surface area contributed by atoms with Crippen LogP contribution in [0.5, 0.6) is 5.75 Å². The van der Waals surface area contributed by atoms with Gasteiger partial charge in [-0.25, -0.2) is 4.79 Å². The van der Waals surface area contributed by atoms with E-state index in [1.54, 1.807) is 0 Å². The van der Waals surface area contributed by atoms with E-state index in [2.05, 4.69) is 66.7 Å². The first-order valence-electron chi connectivity index (χ1n) is 9.77. The number of nitrogens with one attached hydrogen (secondary N) is 1. The molecular weight excluding hydrogens is 352 g/mol. The van der Waals surface area contributed by atoms with Crippen LogP contribution in [0.2, 0.25) is 0 Å². The summed E-state index contributed by atoms with van der Waals surface area (Å²) in [5.41, 5.74) is 4.08. The van der Waals surface area contributed by atoms with Crippen LogP contribution in [0.3, 0.4) is 0 Å². The molecule has 0 aromatic heterocycles. The number of hydrogen-bond donors (Lipinski definition) is 1. The maximum absolute atomic E-state index is 12.0. The second-order valence-corrected chi connectivity index (χ2v) is 8.33. The number of ether oxygens (including phenoxy) is 2. The highest BCUT2D eigenvalue weighted by Crippen LogP contribution is 2.37. The molecule has 1 heterocycles. The van der Waals surface area contributed by atoms with Gasteiger partial charge in [-0.1, -0.05) is 23.8 Å². The summed E-state index contributed by atoms with van der Waals surface area (Å²) < 4.78 is 11.3. The van der Waals surface area contributed by atoms with Gasteiger partial charge < -0.3 is 19.7 Å². The monoisotopic (exact) mass is 382 g/mol. The number of benzene rings is 2. The summed E-state index contributed by atoms with van der Waals surface area (Å²) in [6.07, 6.45) is 0.493. The Balaban J connectivity index is 1.71. The van der Waals surface area contributed by atoms with Gasteiger partial charge in [-0.05, 0) is 57.9 Å². The van der Waals surface area contributed by atoms with Crippen molar-refractivity contribution in [1.82, 2.24) is 5.32 Å². The molecule has 0 fully saturated rings. The van der Waals surface area contributed by atoms with E-state index in [9.17, 15) is 4.79 Å². The third kappa shape index (κ3) is 4.97. The molecule has 0 aliphatic carbocycles. The third-order valence-electron chi connectivity index (χ3n) is 4.86. The standard InChI is InChI=1S/C23H30N2O3/c1-16-6-8-18(9-7-16)25(5)19-10-11-20-17(12-13-27-21(20)14-19)15-24-22(26)28-23(2,3)4/h6-11,14,17H,12-13,15H2,1-5H3,(H,24,26)/t17-/m0/s1. The Morgan fingerprint density at radius 3 is 2.54 bits per heavy atom. The summed E-state index contributed by atoms with van der Waals surface area (Å²) in [4.78, 5) is 14.1. The largest absolute Gasteiger partial charge is 0.493 e. The number of aryl methyl sites for hydroxylation is 1. The molecule has 1 amide bonds. The van der Waals surface area contributed by atoms with E-state index < -0.39 is 5.60 Å². The molecular formula is C23H30N2O3. The molecule has 0 saturated carbocycles. The molecule has 0 bridgehead atoms. The van der Waals surface area contributed by atoms with Crippen molar-refractivity contribution in [1.29, 1.82) is 0 Å². The molecule has 28 heavy (non-hydrogen) atoms. The quantitative estimate of drug-likeness (QED) is 0.794. The minimum atomic E-state index is -0.493. The number of fused-ring (bicyclic) bond motifs is 1. The number of alkyl carbamates (subject to hydrolysis) is 1. The van der Waals surface area contributed by atoms with Gasteiger partial charge in [0.1, 0.15) is 11.4 Å². The maximum Gasteiger partial charge on any atom is 0.407 e. The van der Waals surface area contributed by atoms with Gasteiger partial charge in [0.2, 0.25) is 0 Å². The Hall–Kier alpha value is -2.69. The van der Waals surface area contributed by atoms with Gasteiger partial charge in [-0.15, -0.1) is 0 Å². The molecule has 2 aromatic rings. The molecule has 1 aliphatic heterocycles. The zero-order valence-corrected chi connectivity index (χ0v) is 17.4. The smallest absolute Gasteiger partial charge is 0.407 e. The minimum absolute atomic E-state index is 0.218. The highest BCUT2D eigenvalue weighted by Gasteiger charge is 2.24. The van der Waals surface area contributed by atoms with Crippen molar-refractivity contribution < 1.29 is 14.3 Å². The molecule has 3 rings (SSSR count). The Morgan fingerprint density at radius 1 is 1.18 bits per heavy atom. The van der Waals surface area contributed by atoms with Crippen molar-refractivity contribution in [3.8, 4) is 5.75 Å². The molecule has 0 saturated heterocycles. The van der Waals surface area contributed by atoms with E-state index in [0.717, 1.165) is 29.1 Å². The molecule has 2 aromatic carbocycles. The van der Waals surface area contributed by atoms with E-state index >= 15 is 0 Å². The van der Waals surface area contributed by atoms with Crippen molar-refractivity contribution in [2.75, 3.05) is 25.1 Å². The molecule has 0 spiro atoms. The predicted octanol–water partition coefficient (Wildman–Crippen LogP) is 5.15. The highest BCUT2D eigenvalue weighted by molar-refractivity contribution is 5.68. The zero-order valence-electron chi connectivity index (χ0n) is 17.4. The van der Waals surface area contributed by atoms with Crippen molar-refractivity contribution >= 4 is 17.5 Å². The number of hydrogen-bond acceptors (Lipinski definition) is 4. The van der Waals surface area contributed by atoms with Crippen LogP contribution in [0.25, 0.3) is 0 Å². The summed E-state index contributed by atoms with van der Waals surface area (Å²) in [6, 6.07) is 14.7. The Kier molecular flexibility index (Phi) is 5.82. The van der Waals surface area contributed by atoms with Crippen LogP contribution in [-0.4, -0.2) is 31.9 Å². The van der Waals surface area contributed by atoms with Gasteiger partial charge in [0.15, 0.2) is 0 Å². The van der Waals surface area contributed by atoms with Crippen LogP contribution in [-0.2, 0) is 4.74 Å². The number of rotatable bonds is 4. The van der Waals surface area contributed by atoms with Crippen LogP contribution < -0.4 is 15.0 Å². The number of anilines is 2. The van der Waals surface area contributed by atoms with Crippen LogP contribution in [0.1, 0.15) is 44.2 Å². The van der Waals surface area contributed by atoms with E-state index in [-0.39, 0.29) is 12.0 Å². The van der Waals surface area contributed by atoms with E-state index in [0.29, 0.717) is 13.2 Å². The van der Waals surface area contributed by atoms with Crippen LogP contribution in [0.15, 0.2) is 42.5 Å². The Bertz CT molecular complexity index is 825. The minimum Gasteiger partial charge on any atom is -0.493 e. The first kappa shape index (κ1) is 20.1. The van der Waals surface area contributed by atoms with Crippen molar-refractivity contribution in [3.05, 3.63) is 53.6 Å². The van der Waals surface area contributed by atoms with Gasteiger partial charge in [-0.2, -0.15) is 0 Å². The van der Waals surface area contributed by atoms with Gasteiger partial charge in [0.25, 0.3) is 0 Å². The Labute approximate surface area is 167 Å². The molecule has 150 valence electrons. The van der Waals surface area contributed by atoms with Crippen LogP contribution >= 0.6 is 0 Å². The van der Waals surface area contributed by atoms with Gasteiger partial charge in [-0.3, -0.25) is 0 Å². The second-order valence-electron chi connectivity index (χ2n) is 8.33. The predicted molar refractivity (Wildman–Crippen MR) is 113 cm³/mol. The molecule has 1 aliphatic rings. The topological polar surface area (TPSA) is 50.8 Å². The lowest BCUT2D eigenvalue weighted by molar-refractivity contribution is 0.0521. The first-order valence-corrected chi connectivity index (χ1v) is 9.77.